The zero-order chi connectivity index (χ0) is 25.6. The average Bonchev–Trinajstić information content (AvgIpc) is 3.31. The summed E-state index contributed by atoms with van der Waals surface area (Å²) in [7, 11) is 1.67. The quantitative estimate of drug-likeness (QED) is 0.248. The van der Waals surface area contributed by atoms with Crippen molar-refractivity contribution in [3.05, 3.63) is 108 Å². The maximum absolute atomic E-state index is 12.6. The third-order valence-corrected chi connectivity index (χ3v) is 6.00. The molecule has 4 aromatic carbocycles. The van der Waals surface area contributed by atoms with Crippen molar-refractivity contribution in [1.29, 1.82) is 0 Å². The van der Waals surface area contributed by atoms with Gasteiger partial charge in [-0.05, 0) is 47.5 Å². The molecule has 0 aliphatic rings. The van der Waals surface area contributed by atoms with Crippen molar-refractivity contribution in [2.75, 3.05) is 23.8 Å². The molecule has 0 aliphatic heterocycles. The van der Waals surface area contributed by atoms with Crippen molar-refractivity contribution in [3.63, 3.8) is 0 Å². The molecule has 5 rings (SSSR count). The Hall–Kier alpha value is -4.78. The first-order chi connectivity index (χ1) is 18.1. The minimum atomic E-state index is -0.452. The van der Waals surface area contributed by atoms with Crippen LogP contribution in [-0.4, -0.2) is 25.7 Å². The molecule has 7 nitrogen and oxygen atoms in total. The number of carbonyl (C=O) groups is 2. The van der Waals surface area contributed by atoms with E-state index in [2.05, 4.69) is 5.32 Å². The number of hydrogen-bond acceptors (Lipinski definition) is 6. The van der Waals surface area contributed by atoms with Gasteiger partial charge in [0.2, 0.25) is 0 Å². The summed E-state index contributed by atoms with van der Waals surface area (Å²) in [6.07, 6.45) is -0.452. The van der Waals surface area contributed by atoms with Crippen molar-refractivity contribution < 1.29 is 23.5 Å². The molecule has 0 bridgehead atoms. The molecule has 0 saturated heterocycles. The van der Waals surface area contributed by atoms with Crippen LogP contribution in [0, 0.1) is 0 Å². The van der Waals surface area contributed by atoms with E-state index in [1.165, 1.54) is 4.90 Å². The number of anilines is 2. The molecule has 0 atom stereocenters. The van der Waals surface area contributed by atoms with Crippen LogP contribution in [0.5, 0.6) is 0 Å². The fourth-order valence-corrected chi connectivity index (χ4v) is 3.97. The number of carbonyl (C=O) groups excluding carboxylic acids is 2. The largest absolute Gasteiger partial charge is 0.460 e. The van der Waals surface area contributed by atoms with Crippen LogP contribution in [0.4, 0.5) is 16.2 Å². The van der Waals surface area contributed by atoms with Gasteiger partial charge >= 0.3 is 12.1 Å². The molecule has 0 saturated carbocycles. The van der Waals surface area contributed by atoms with Crippen molar-refractivity contribution in [1.82, 2.24) is 0 Å². The van der Waals surface area contributed by atoms with E-state index in [0.717, 1.165) is 27.6 Å². The smallest absolute Gasteiger partial charge is 0.414 e. The third kappa shape index (κ3) is 5.73. The number of fused-ring (bicyclic) bond motifs is 3. The van der Waals surface area contributed by atoms with Crippen LogP contribution in [0.15, 0.2) is 101 Å². The van der Waals surface area contributed by atoms with Crippen LogP contribution < -0.4 is 10.2 Å². The molecule has 37 heavy (non-hydrogen) atoms. The monoisotopic (exact) mass is 494 g/mol. The second-order valence-corrected chi connectivity index (χ2v) is 8.59. The summed E-state index contributed by atoms with van der Waals surface area (Å²) in [6.45, 7) is 0.468. The number of nitrogens with one attached hydrogen (secondary N) is 1. The van der Waals surface area contributed by atoms with Crippen molar-refractivity contribution in [2.24, 2.45) is 0 Å². The van der Waals surface area contributed by atoms with Crippen LogP contribution in [-0.2, 0) is 27.5 Å². The van der Waals surface area contributed by atoms with E-state index in [4.69, 9.17) is 13.9 Å². The maximum atomic E-state index is 12.6. The Morgan fingerprint density at radius 1 is 0.757 bits per heavy atom. The molecule has 0 unspecified atom stereocenters. The number of hydrogen-bond donors (Lipinski definition) is 1. The molecule has 5 aromatic rings. The highest BCUT2D eigenvalue weighted by Gasteiger charge is 2.16. The topological polar surface area (TPSA) is 81.0 Å². The molecule has 1 aromatic heterocycles. The van der Waals surface area contributed by atoms with Gasteiger partial charge in [-0.25, -0.2) is 4.79 Å². The fourth-order valence-electron chi connectivity index (χ4n) is 3.97. The summed E-state index contributed by atoms with van der Waals surface area (Å²) in [5, 5.41) is 4.83. The third-order valence-electron chi connectivity index (χ3n) is 6.00. The van der Waals surface area contributed by atoms with Gasteiger partial charge in [0.05, 0.1) is 0 Å². The van der Waals surface area contributed by atoms with E-state index in [-0.39, 0.29) is 25.7 Å². The number of ether oxygens (including phenoxy) is 2. The van der Waals surface area contributed by atoms with Crippen LogP contribution >= 0.6 is 0 Å². The van der Waals surface area contributed by atoms with Gasteiger partial charge < -0.3 is 19.2 Å². The fraction of sp³-hybridized carbons (Fsp3) is 0.133. The lowest BCUT2D eigenvalue weighted by Crippen LogP contribution is -2.26. The van der Waals surface area contributed by atoms with E-state index in [1.54, 1.807) is 7.05 Å². The number of amides is 1. The molecule has 1 amide bonds. The molecule has 1 N–H and O–H groups in total. The number of furan rings is 1. The molecule has 7 heteroatoms. The summed E-state index contributed by atoms with van der Waals surface area (Å²) in [5.41, 5.74) is 4.70. The Bertz CT molecular complexity index is 1530. The Balaban J connectivity index is 1.26. The van der Waals surface area contributed by atoms with Gasteiger partial charge in [0.25, 0.3) is 0 Å². The van der Waals surface area contributed by atoms with Gasteiger partial charge in [-0.15, -0.1) is 0 Å². The first kappa shape index (κ1) is 23.9. The van der Waals surface area contributed by atoms with Crippen LogP contribution in [0.25, 0.3) is 21.9 Å². The predicted octanol–water partition coefficient (Wildman–Crippen LogP) is 6.51. The second-order valence-electron chi connectivity index (χ2n) is 8.59. The molecule has 0 fully saturated rings. The Morgan fingerprint density at radius 2 is 1.35 bits per heavy atom. The number of rotatable bonds is 8. The van der Waals surface area contributed by atoms with E-state index in [0.29, 0.717) is 16.9 Å². The van der Waals surface area contributed by atoms with Crippen LogP contribution in [0.2, 0.25) is 0 Å². The summed E-state index contributed by atoms with van der Waals surface area (Å²) >= 11 is 0. The SMILES string of the molecule is CN(C(=O)OCc1ccccc1)c1ccc2oc3ccc(NCC(=O)OCc4ccccc4)cc3c2c1. The molecule has 186 valence electrons. The second kappa shape index (κ2) is 10.9. The normalized spacial score (nSPS) is 10.8. The van der Waals surface area contributed by atoms with Gasteiger partial charge in [-0.1, -0.05) is 60.7 Å². The van der Waals surface area contributed by atoms with Gasteiger partial charge in [-0.2, -0.15) is 0 Å². The molecule has 0 radical (unpaired) electrons. The first-order valence-electron chi connectivity index (χ1n) is 11.9. The van der Waals surface area contributed by atoms with Crippen LogP contribution in [0.3, 0.4) is 0 Å². The lowest BCUT2D eigenvalue weighted by Gasteiger charge is -2.17. The Labute approximate surface area is 214 Å². The molecule has 0 aliphatic carbocycles. The molecule has 1 heterocycles. The van der Waals surface area contributed by atoms with Gasteiger partial charge in [0.15, 0.2) is 0 Å². The Morgan fingerprint density at radius 3 is 2.03 bits per heavy atom. The minimum absolute atomic E-state index is 0.0371. The number of esters is 1. The van der Waals surface area contributed by atoms with Gasteiger partial charge in [0.1, 0.15) is 30.9 Å². The van der Waals surface area contributed by atoms with Crippen molar-refractivity contribution in [3.8, 4) is 0 Å². The van der Waals surface area contributed by atoms with Crippen molar-refractivity contribution in [2.45, 2.75) is 13.2 Å². The zero-order valence-corrected chi connectivity index (χ0v) is 20.3. The molecule has 0 spiro atoms. The lowest BCUT2D eigenvalue weighted by atomic mass is 10.1. The number of nitrogens with zero attached hydrogens (tertiary/aromatic N) is 1. The zero-order valence-electron chi connectivity index (χ0n) is 20.3. The van der Waals surface area contributed by atoms with Crippen LogP contribution in [0.1, 0.15) is 11.1 Å². The molecular weight excluding hydrogens is 468 g/mol. The summed E-state index contributed by atoms with van der Waals surface area (Å²) in [4.78, 5) is 26.3. The van der Waals surface area contributed by atoms with E-state index >= 15 is 0 Å². The van der Waals surface area contributed by atoms with E-state index < -0.39 is 6.09 Å². The lowest BCUT2D eigenvalue weighted by molar-refractivity contribution is -0.142. The minimum Gasteiger partial charge on any atom is -0.460 e. The average molecular weight is 495 g/mol. The highest BCUT2D eigenvalue weighted by molar-refractivity contribution is 6.08. The van der Waals surface area contributed by atoms with Crippen molar-refractivity contribution >= 4 is 45.4 Å². The maximum Gasteiger partial charge on any atom is 0.414 e. The summed E-state index contributed by atoms with van der Waals surface area (Å²) in [6, 6.07) is 30.3. The predicted molar refractivity (Wildman–Crippen MR) is 143 cm³/mol. The summed E-state index contributed by atoms with van der Waals surface area (Å²) in [5.74, 6) is -0.348. The van der Waals surface area contributed by atoms with E-state index in [1.807, 2.05) is 97.1 Å². The molecular formula is C30H26N2O5. The number of benzene rings is 4. The summed E-state index contributed by atoms with van der Waals surface area (Å²) < 4.78 is 16.8. The van der Waals surface area contributed by atoms with E-state index in [9.17, 15) is 9.59 Å². The van der Waals surface area contributed by atoms with Gasteiger partial charge in [-0.3, -0.25) is 9.69 Å². The highest BCUT2D eigenvalue weighted by atomic mass is 16.6. The van der Waals surface area contributed by atoms with Gasteiger partial charge in [0, 0.05) is 29.2 Å². The first-order valence-corrected chi connectivity index (χ1v) is 11.9. The Kier molecular flexibility index (Phi) is 7.03. The highest BCUT2D eigenvalue weighted by Crippen LogP contribution is 2.33. The standard InChI is InChI=1S/C30H26N2O5/c1-32(30(34)36-20-22-10-6-3-7-11-22)24-13-15-28-26(17-24)25-16-23(12-14-27(25)37-28)31-18-29(33)35-19-21-8-4-2-5-9-21/h2-17,31H,18-20H2,1H3.